The summed E-state index contributed by atoms with van der Waals surface area (Å²) in [6.45, 7) is 0. The van der Waals surface area contributed by atoms with Crippen LogP contribution in [0.1, 0.15) is 0 Å². The molecule has 180 valence electrons. The van der Waals surface area contributed by atoms with Gasteiger partial charge in [-0.1, -0.05) is 53.7 Å². The zero-order valence-electron chi connectivity index (χ0n) is 19.1. The van der Waals surface area contributed by atoms with Crippen LogP contribution in [0.15, 0.2) is 99.4 Å². The van der Waals surface area contributed by atoms with Gasteiger partial charge in [-0.25, -0.2) is 9.78 Å². The number of hydrogen-bond acceptors (Lipinski definition) is 6. The molecule has 0 atom stereocenters. The maximum absolute atomic E-state index is 12.7. The Hall–Kier alpha value is -4.01. The van der Waals surface area contributed by atoms with Gasteiger partial charge in [0.25, 0.3) is 0 Å². The van der Waals surface area contributed by atoms with Crippen LogP contribution in [-0.2, 0) is 4.79 Å². The highest BCUT2D eigenvalue weighted by atomic mass is 35.5. The van der Waals surface area contributed by atoms with Crippen molar-refractivity contribution in [3.05, 3.63) is 101 Å². The highest BCUT2D eigenvalue weighted by Gasteiger charge is 2.17. The Morgan fingerprint density at radius 3 is 2.64 bits per heavy atom. The minimum Gasteiger partial charge on any atom is -0.495 e. The van der Waals surface area contributed by atoms with E-state index in [1.54, 1.807) is 49.7 Å². The first-order valence-corrected chi connectivity index (χ1v) is 12.3. The van der Waals surface area contributed by atoms with Crippen molar-refractivity contribution in [2.75, 3.05) is 18.2 Å². The number of rotatable bonds is 7. The summed E-state index contributed by atoms with van der Waals surface area (Å²) in [6.07, 6.45) is 1.75. The van der Waals surface area contributed by atoms with Gasteiger partial charge in [-0.3, -0.25) is 9.36 Å². The molecule has 0 fully saturated rings. The summed E-state index contributed by atoms with van der Waals surface area (Å²) in [5.41, 5.74) is 2.17. The maximum Gasteiger partial charge on any atom is 0.345 e. The Morgan fingerprint density at radius 2 is 1.83 bits per heavy atom. The minimum absolute atomic E-state index is 0.0917. The molecule has 0 aliphatic carbocycles. The van der Waals surface area contributed by atoms with E-state index in [1.165, 1.54) is 11.8 Å². The number of halogens is 1. The molecule has 1 N–H and O–H groups in total. The summed E-state index contributed by atoms with van der Waals surface area (Å²) in [5.74, 6) is 0.444. The van der Waals surface area contributed by atoms with Gasteiger partial charge in [0.05, 0.1) is 29.8 Å². The normalized spacial score (nSPS) is 10.9. The molecule has 1 amide bonds. The summed E-state index contributed by atoms with van der Waals surface area (Å²) in [4.78, 5) is 30.2. The van der Waals surface area contributed by atoms with Crippen LogP contribution in [-0.4, -0.2) is 28.3 Å². The Morgan fingerprint density at radius 1 is 1.08 bits per heavy atom. The fourth-order valence-electron chi connectivity index (χ4n) is 3.69. The molecular formula is C27H20ClN3O4S. The van der Waals surface area contributed by atoms with Crippen LogP contribution in [0.3, 0.4) is 0 Å². The quantitative estimate of drug-likeness (QED) is 0.209. The lowest BCUT2D eigenvalue weighted by Crippen LogP contribution is -2.15. The Labute approximate surface area is 215 Å². The molecule has 0 spiro atoms. The van der Waals surface area contributed by atoms with Crippen LogP contribution >= 0.6 is 23.4 Å². The van der Waals surface area contributed by atoms with E-state index in [4.69, 9.17) is 20.8 Å². The van der Waals surface area contributed by atoms with Gasteiger partial charge < -0.3 is 14.5 Å². The lowest BCUT2D eigenvalue weighted by Gasteiger charge is -2.10. The van der Waals surface area contributed by atoms with Crippen molar-refractivity contribution in [3.63, 3.8) is 0 Å². The van der Waals surface area contributed by atoms with Crippen molar-refractivity contribution in [1.82, 2.24) is 9.55 Å². The monoisotopic (exact) mass is 517 g/mol. The predicted octanol–water partition coefficient (Wildman–Crippen LogP) is 6.04. The molecular weight excluding hydrogens is 498 g/mol. The summed E-state index contributed by atoms with van der Waals surface area (Å²) >= 11 is 7.32. The molecule has 0 aliphatic rings. The van der Waals surface area contributed by atoms with E-state index in [-0.39, 0.29) is 11.7 Å². The molecule has 36 heavy (non-hydrogen) atoms. The van der Waals surface area contributed by atoms with Crippen molar-refractivity contribution in [3.8, 4) is 22.7 Å². The van der Waals surface area contributed by atoms with Gasteiger partial charge in [-0.2, -0.15) is 0 Å². The molecule has 0 unspecified atom stereocenters. The maximum atomic E-state index is 12.7. The number of hydrogen-bond donors (Lipinski definition) is 1. The SMILES string of the molecule is COc1ccccc1NC(=O)CSc1nc(-c2cc3ccccc3oc2=O)cn1-c1ccc(Cl)cc1. The van der Waals surface area contributed by atoms with Gasteiger partial charge in [0.15, 0.2) is 5.16 Å². The van der Waals surface area contributed by atoms with E-state index < -0.39 is 5.63 Å². The van der Waals surface area contributed by atoms with Gasteiger partial charge in [-0.15, -0.1) is 0 Å². The lowest BCUT2D eigenvalue weighted by molar-refractivity contribution is -0.113. The molecule has 0 bridgehead atoms. The fourth-order valence-corrected chi connectivity index (χ4v) is 4.60. The van der Waals surface area contributed by atoms with E-state index in [2.05, 4.69) is 10.3 Å². The van der Waals surface area contributed by atoms with Crippen LogP contribution in [0.4, 0.5) is 5.69 Å². The standard InChI is InChI=1S/C27H20ClN3O4S/c1-34-24-9-5-3-7-21(24)29-25(32)16-36-27-30-22(15-31(27)19-12-10-18(28)11-13-19)20-14-17-6-2-4-8-23(17)35-26(20)33/h2-15H,16H2,1H3,(H,29,32). The van der Waals surface area contributed by atoms with Crippen LogP contribution in [0.25, 0.3) is 27.9 Å². The zero-order chi connectivity index (χ0) is 25.1. The summed E-state index contributed by atoms with van der Waals surface area (Å²) in [5, 5.41) is 4.79. The molecule has 0 saturated carbocycles. The second-order valence-corrected chi connectivity index (χ2v) is 9.16. The molecule has 2 heterocycles. The van der Waals surface area contributed by atoms with Crippen molar-refractivity contribution < 1.29 is 13.9 Å². The zero-order valence-corrected chi connectivity index (χ0v) is 20.7. The fraction of sp³-hybridized carbons (Fsp3) is 0.0741. The number of carbonyl (C=O) groups excluding carboxylic acids is 1. The number of imidazole rings is 1. The van der Waals surface area contributed by atoms with Gasteiger partial charge in [-0.05, 0) is 48.5 Å². The average molecular weight is 518 g/mol. The van der Waals surface area contributed by atoms with Gasteiger partial charge in [0.1, 0.15) is 11.3 Å². The molecule has 0 aliphatic heterocycles. The van der Waals surface area contributed by atoms with Crippen LogP contribution in [0, 0.1) is 0 Å². The van der Waals surface area contributed by atoms with Crippen molar-refractivity contribution in [2.45, 2.75) is 5.16 Å². The Balaban J connectivity index is 1.47. The smallest absolute Gasteiger partial charge is 0.345 e. The molecule has 2 aromatic heterocycles. The first kappa shape index (κ1) is 23.7. The second-order valence-electron chi connectivity index (χ2n) is 7.78. The molecule has 5 rings (SSSR count). The first-order valence-electron chi connectivity index (χ1n) is 11.0. The van der Waals surface area contributed by atoms with E-state index in [1.807, 2.05) is 47.0 Å². The number of benzene rings is 3. The summed E-state index contributed by atoms with van der Waals surface area (Å²) in [6, 6.07) is 23.5. The topological polar surface area (TPSA) is 86.4 Å². The third-order valence-electron chi connectivity index (χ3n) is 5.41. The van der Waals surface area contributed by atoms with E-state index >= 15 is 0 Å². The van der Waals surface area contributed by atoms with Gasteiger partial charge >= 0.3 is 5.63 Å². The molecule has 3 aromatic carbocycles. The van der Waals surface area contributed by atoms with Gasteiger partial charge in [0, 0.05) is 22.3 Å². The number of nitrogens with one attached hydrogen (secondary N) is 1. The molecule has 9 heteroatoms. The van der Waals surface area contributed by atoms with Crippen molar-refractivity contribution in [2.24, 2.45) is 0 Å². The molecule has 5 aromatic rings. The number of fused-ring (bicyclic) bond motifs is 1. The number of ether oxygens (including phenoxy) is 1. The number of amides is 1. The average Bonchev–Trinajstić information content (AvgIpc) is 3.32. The Kier molecular flexibility index (Phi) is 6.79. The second kappa shape index (κ2) is 10.3. The largest absolute Gasteiger partial charge is 0.495 e. The number of carbonyl (C=O) groups is 1. The van der Waals surface area contributed by atoms with Crippen LogP contribution in [0.2, 0.25) is 5.02 Å². The number of anilines is 1. The van der Waals surface area contributed by atoms with Crippen LogP contribution < -0.4 is 15.7 Å². The van der Waals surface area contributed by atoms with E-state index in [0.29, 0.717) is 38.5 Å². The number of thioether (sulfide) groups is 1. The number of nitrogens with zero attached hydrogens (tertiary/aromatic N) is 2. The van der Waals surface area contributed by atoms with Crippen molar-refractivity contribution in [1.29, 1.82) is 0 Å². The highest BCUT2D eigenvalue weighted by Crippen LogP contribution is 2.29. The van der Waals surface area contributed by atoms with Gasteiger partial charge in [0.2, 0.25) is 5.91 Å². The summed E-state index contributed by atoms with van der Waals surface area (Å²) in [7, 11) is 1.55. The molecule has 7 nitrogen and oxygen atoms in total. The Bertz CT molecular complexity index is 1610. The lowest BCUT2D eigenvalue weighted by atomic mass is 10.1. The highest BCUT2D eigenvalue weighted by molar-refractivity contribution is 7.99. The molecule has 0 saturated heterocycles. The molecule has 0 radical (unpaired) electrons. The number of para-hydroxylation sites is 3. The van der Waals surface area contributed by atoms with Crippen LogP contribution in [0.5, 0.6) is 5.75 Å². The number of methoxy groups -OCH3 is 1. The predicted molar refractivity (Wildman–Crippen MR) is 142 cm³/mol. The number of aromatic nitrogens is 2. The van der Waals surface area contributed by atoms with E-state index in [9.17, 15) is 9.59 Å². The summed E-state index contributed by atoms with van der Waals surface area (Å²) < 4.78 is 12.6. The first-order chi connectivity index (χ1) is 17.5. The minimum atomic E-state index is -0.486. The third kappa shape index (κ3) is 5.00. The van der Waals surface area contributed by atoms with E-state index in [0.717, 1.165) is 11.1 Å². The third-order valence-corrected chi connectivity index (χ3v) is 6.61. The van der Waals surface area contributed by atoms with Crippen molar-refractivity contribution >= 4 is 45.9 Å².